The number of hydrogen-bond donors (Lipinski definition) is 0. The Morgan fingerprint density at radius 2 is 1.78 bits per heavy atom. The van der Waals surface area contributed by atoms with E-state index in [1.54, 1.807) is 10.9 Å². The van der Waals surface area contributed by atoms with Crippen molar-refractivity contribution < 1.29 is 4.39 Å². The number of halogens is 1. The molecule has 8 heteroatoms. The van der Waals surface area contributed by atoms with Crippen LogP contribution in [0.4, 0.5) is 4.39 Å². The first-order valence-electron chi connectivity index (χ1n) is 8.88. The monoisotopic (exact) mass is 363 g/mol. The number of hydrogen-bond acceptors (Lipinski definition) is 5. The summed E-state index contributed by atoms with van der Waals surface area (Å²) in [4.78, 5) is 18.1. The third-order valence-corrected chi connectivity index (χ3v) is 4.93. The molecule has 0 N–H and O–H groups in total. The van der Waals surface area contributed by atoms with Crippen molar-refractivity contribution in [1.29, 1.82) is 0 Å². The summed E-state index contributed by atoms with van der Waals surface area (Å²) in [5, 5.41) is 4.42. The normalized spacial score (nSPS) is 19.0. The third kappa shape index (κ3) is 2.77. The Labute approximate surface area is 154 Å². The van der Waals surface area contributed by atoms with Crippen molar-refractivity contribution in [3.05, 3.63) is 65.3 Å². The van der Waals surface area contributed by atoms with Gasteiger partial charge in [0.05, 0.1) is 11.4 Å². The minimum absolute atomic E-state index is 0.276. The summed E-state index contributed by atoms with van der Waals surface area (Å²) in [6, 6.07) is 4.86. The Morgan fingerprint density at radius 1 is 0.963 bits per heavy atom. The molecule has 0 spiro atoms. The van der Waals surface area contributed by atoms with Crippen LogP contribution in [0, 0.1) is 26.6 Å². The van der Waals surface area contributed by atoms with Gasteiger partial charge in [-0.25, -0.2) is 24.3 Å². The van der Waals surface area contributed by atoms with Gasteiger partial charge in [-0.1, -0.05) is 0 Å². The van der Waals surface area contributed by atoms with Crippen molar-refractivity contribution in [2.24, 2.45) is 0 Å². The fourth-order valence-electron chi connectivity index (χ4n) is 3.61. The van der Waals surface area contributed by atoms with E-state index >= 15 is 0 Å². The molecule has 0 aliphatic heterocycles. The molecular formula is C19H18FN7. The lowest BCUT2D eigenvalue weighted by Gasteiger charge is -2.06. The van der Waals surface area contributed by atoms with Crippen molar-refractivity contribution in [2.75, 3.05) is 0 Å². The highest BCUT2D eigenvalue weighted by Gasteiger charge is 2.42. The molecule has 0 radical (unpaired) electrons. The average molecular weight is 363 g/mol. The molecule has 1 fully saturated rings. The number of nitrogens with zero attached hydrogens (tertiary/aromatic N) is 7. The Bertz CT molecular complexity index is 1180. The minimum atomic E-state index is -0.276. The van der Waals surface area contributed by atoms with Gasteiger partial charge in [-0.2, -0.15) is 4.68 Å². The maximum absolute atomic E-state index is 13.4. The second-order valence-electron chi connectivity index (χ2n) is 7.04. The summed E-state index contributed by atoms with van der Waals surface area (Å²) in [5.74, 6) is 3.24. The first-order valence-corrected chi connectivity index (χ1v) is 8.88. The van der Waals surface area contributed by atoms with Gasteiger partial charge in [0.15, 0.2) is 5.82 Å². The van der Waals surface area contributed by atoms with Crippen molar-refractivity contribution in [2.45, 2.75) is 39.0 Å². The maximum atomic E-state index is 13.4. The standard InChI is InChI=1S/C19H18FN7/c1-10-22-16(8-19(23-10)27-12(3)21-11(2)25-27)14-7-15(14)17-9-26-5-4-13(20)6-18(26)24-17/h4-6,8-9,14-15H,7H2,1-3H3/t14-,15-/m1/s1. The van der Waals surface area contributed by atoms with Crippen molar-refractivity contribution in [3.8, 4) is 5.82 Å². The molecule has 136 valence electrons. The van der Waals surface area contributed by atoms with Crippen LogP contribution in [0.5, 0.6) is 0 Å². The summed E-state index contributed by atoms with van der Waals surface area (Å²) in [6.45, 7) is 5.66. The van der Waals surface area contributed by atoms with E-state index in [2.05, 4.69) is 25.0 Å². The number of imidazole rings is 1. The molecule has 0 aromatic carbocycles. The number of pyridine rings is 1. The summed E-state index contributed by atoms with van der Waals surface area (Å²) in [5.41, 5.74) is 2.58. The van der Waals surface area contributed by atoms with E-state index in [0.29, 0.717) is 17.3 Å². The second-order valence-corrected chi connectivity index (χ2v) is 7.04. The molecule has 1 aliphatic carbocycles. The lowest BCUT2D eigenvalue weighted by molar-refractivity contribution is 0.626. The SMILES string of the molecule is Cc1nc([C@@H]2C[C@H]2c2cn3ccc(F)cc3n2)cc(-n2nc(C)nc2C)n1. The highest BCUT2D eigenvalue weighted by atomic mass is 19.1. The van der Waals surface area contributed by atoms with Crippen LogP contribution < -0.4 is 0 Å². The van der Waals surface area contributed by atoms with E-state index in [-0.39, 0.29) is 17.7 Å². The zero-order chi connectivity index (χ0) is 18.7. The smallest absolute Gasteiger partial charge is 0.159 e. The first kappa shape index (κ1) is 16.0. The molecule has 7 nitrogen and oxygen atoms in total. The van der Waals surface area contributed by atoms with Gasteiger partial charge in [0, 0.05) is 36.4 Å². The van der Waals surface area contributed by atoms with Crippen LogP contribution in [0.3, 0.4) is 0 Å². The summed E-state index contributed by atoms with van der Waals surface area (Å²) >= 11 is 0. The molecule has 0 amide bonds. The molecule has 27 heavy (non-hydrogen) atoms. The van der Waals surface area contributed by atoms with Gasteiger partial charge >= 0.3 is 0 Å². The molecule has 1 saturated carbocycles. The first-order chi connectivity index (χ1) is 13.0. The zero-order valence-corrected chi connectivity index (χ0v) is 15.3. The fourth-order valence-corrected chi connectivity index (χ4v) is 3.61. The molecule has 0 unspecified atom stereocenters. The molecule has 1 aliphatic rings. The second kappa shape index (κ2) is 5.67. The van der Waals surface area contributed by atoms with Crippen LogP contribution in [0.15, 0.2) is 30.6 Å². The van der Waals surface area contributed by atoms with Gasteiger partial charge in [-0.15, -0.1) is 5.10 Å². The number of rotatable bonds is 3. The van der Waals surface area contributed by atoms with Gasteiger partial charge in [-0.05, 0) is 33.3 Å². The molecule has 5 rings (SSSR count). The minimum Gasteiger partial charge on any atom is -0.307 e. The van der Waals surface area contributed by atoms with Gasteiger partial charge < -0.3 is 4.40 Å². The van der Waals surface area contributed by atoms with Crippen molar-refractivity contribution in [1.82, 2.24) is 34.1 Å². The lowest BCUT2D eigenvalue weighted by atomic mass is 10.2. The molecule has 4 aromatic heterocycles. The Hall–Kier alpha value is -3.16. The van der Waals surface area contributed by atoms with Crippen LogP contribution in [0.1, 0.15) is 47.1 Å². The molecule has 2 atom stereocenters. The Morgan fingerprint density at radius 3 is 2.56 bits per heavy atom. The summed E-state index contributed by atoms with van der Waals surface area (Å²) < 4.78 is 17.0. The fraction of sp³-hybridized carbons (Fsp3) is 0.316. The molecule has 0 saturated heterocycles. The molecule has 0 bridgehead atoms. The number of aryl methyl sites for hydroxylation is 3. The zero-order valence-electron chi connectivity index (χ0n) is 15.3. The summed E-state index contributed by atoms with van der Waals surface area (Å²) in [7, 11) is 0. The third-order valence-electron chi connectivity index (χ3n) is 4.93. The van der Waals surface area contributed by atoms with Crippen molar-refractivity contribution >= 4 is 5.65 Å². The number of aromatic nitrogens is 7. The van der Waals surface area contributed by atoms with Gasteiger partial charge in [-0.3, -0.25) is 0 Å². The van der Waals surface area contributed by atoms with E-state index in [4.69, 9.17) is 0 Å². The Balaban J connectivity index is 1.48. The quantitative estimate of drug-likeness (QED) is 0.559. The molecule has 4 aromatic rings. The highest BCUT2D eigenvalue weighted by Crippen LogP contribution is 2.53. The van der Waals surface area contributed by atoms with E-state index in [9.17, 15) is 4.39 Å². The van der Waals surface area contributed by atoms with Crippen molar-refractivity contribution in [3.63, 3.8) is 0 Å². The topological polar surface area (TPSA) is 73.8 Å². The maximum Gasteiger partial charge on any atom is 0.159 e. The van der Waals surface area contributed by atoms with Gasteiger partial charge in [0.1, 0.15) is 28.9 Å². The van der Waals surface area contributed by atoms with E-state index in [0.717, 1.165) is 29.5 Å². The van der Waals surface area contributed by atoms with Crippen LogP contribution in [-0.2, 0) is 0 Å². The highest BCUT2D eigenvalue weighted by molar-refractivity contribution is 5.43. The van der Waals surface area contributed by atoms with Crippen LogP contribution in [0.25, 0.3) is 11.5 Å². The van der Waals surface area contributed by atoms with Crippen LogP contribution in [-0.4, -0.2) is 34.1 Å². The predicted molar refractivity (Wildman–Crippen MR) is 96.4 cm³/mol. The largest absolute Gasteiger partial charge is 0.307 e. The molecule has 4 heterocycles. The van der Waals surface area contributed by atoms with Crippen LogP contribution in [0.2, 0.25) is 0 Å². The van der Waals surface area contributed by atoms with E-state index in [1.807, 2.05) is 37.4 Å². The lowest BCUT2D eigenvalue weighted by Crippen LogP contribution is -2.06. The molecular weight excluding hydrogens is 345 g/mol. The summed E-state index contributed by atoms with van der Waals surface area (Å²) in [6.07, 6.45) is 4.64. The number of fused-ring (bicyclic) bond motifs is 1. The van der Waals surface area contributed by atoms with Crippen LogP contribution >= 0.6 is 0 Å². The van der Waals surface area contributed by atoms with E-state index < -0.39 is 0 Å². The Kier molecular flexibility index (Phi) is 3.37. The van der Waals surface area contributed by atoms with E-state index in [1.165, 1.54) is 12.1 Å². The van der Waals surface area contributed by atoms with Gasteiger partial charge in [0.2, 0.25) is 0 Å². The predicted octanol–water partition coefficient (Wildman–Crippen LogP) is 3.04. The average Bonchev–Trinajstić information content (AvgIpc) is 3.20. The van der Waals surface area contributed by atoms with Gasteiger partial charge in [0.25, 0.3) is 0 Å².